The van der Waals surface area contributed by atoms with Gasteiger partial charge in [-0.25, -0.2) is 0 Å². The number of carbonyl (C=O) groups excluding carboxylic acids is 1. The quantitative estimate of drug-likeness (QED) is 0.808. The molecule has 0 spiro atoms. The van der Waals surface area contributed by atoms with Gasteiger partial charge in [0.25, 0.3) is 0 Å². The standard InChI is InChI=1S/C15H20N5O2.Y/c1-4-10-9(3)6-12(22-10)20-8-18-13-14(19-11(21)5-2)16-7-17-15(13)20;/h8-10,12H,4-6H2,1-3H3,(H,16,17,19,21);/q-1;+3. The minimum absolute atomic E-state index is 0. The first-order valence-electron chi connectivity index (χ1n) is 7.69. The normalized spacial score (nSPS) is 24.8. The number of rotatable bonds is 3. The van der Waals surface area contributed by atoms with E-state index in [0.717, 1.165) is 18.5 Å². The van der Waals surface area contributed by atoms with Gasteiger partial charge in [0, 0.05) is 23.9 Å². The summed E-state index contributed by atoms with van der Waals surface area (Å²) in [7, 11) is 0. The predicted molar refractivity (Wildman–Crippen MR) is 79.6 cm³/mol. The van der Waals surface area contributed by atoms with E-state index in [9.17, 15) is 4.79 Å². The largest absolute Gasteiger partial charge is 3.00 e. The van der Waals surface area contributed by atoms with E-state index in [1.54, 1.807) is 13.3 Å². The third kappa shape index (κ3) is 3.62. The van der Waals surface area contributed by atoms with Crippen LogP contribution in [-0.2, 0) is 42.2 Å². The third-order valence-electron chi connectivity index (χ3n) is 4.13. The van der Waals surface area contributed by atoms with Gasteiger partial charge in [-0.15, -0.1) is 0 Å². The average Bonchev–Trinajstić information content (AvgIpc) is 3.10. The number of carbonyl (C=O) groups is 1. The Morgan fingerprint density at radius 3 is 3.00 bits per heavy atom. The van der Waals surface area contributed by atoms with Gasteiger partial charge in [-0.05, 0) is 18.8 Å². The van der Waals surface area contributed by atoms with Crippen LogP contribution >= 0.6 is 0 Å². The molecule has 3 rings (SSSR count). The van der Waals surface area contributed by atoms with Crippen LogP contribution in [0, 0.1) is 12.2 Å². The summed E-state index contributed by atoms with van der Waals surface area (Å²) in [6.45, 7) is 6.09. The van der Waals surface area contributed by atoms with Crippen LogP contribution < -0.4 is 5.49 Å². The third-order valence-corrected chi connectivity index (χ3v) is 4.13. The molecule has 1 saturated heterocycles. The fourth-order valence-corrected chi connectivity index (χ4v) is 2.87. The minimum atomic E-state index is -0.222. The second-order valence-electron chi connectivity index (χ2n) is 5.63. The average molecular weight is 391 g/mol. The zero-order valence-electron chi connectivity index (χ0n) is 13.6. The van der Waals surface area contributed by atoms with Gasteiger partial charge in [0.05, 0.1) is 17.9 Å². The first-order chi connectivity index (χ1) is 10.6. The van der Waals surface area contributed by atoms with Crippen molar-refractivity contribution in [3.05, 3.63) is 18.1 Å². The van der Waals surface area contributed by atoms with Crippen LogP contribution in [0.5, 0.6) is 0 Å². The summed E-state index contributed by atoms with van der Waals surface area (Å²) in [5.41, 5.74) is 1.60. The van der Waals surface area contributed by atoms with E-state index in [4.69, 9.17) is 4.74 Å². The van der Waals surface area contributed by atoms with Crippen molar-refractivity contribution >= 4 is 17.1 Å². The summed E-state index contributed by atoms with van der Waals surface area (Å²) in [5.74, 6) is 0.281. The summed E-state index contributed by atoms with van der Waals surface area (Å²) in [6.07, 6.45) is 6.85. The maximum absolute atomic E-state index is 11.5. The number of fused-ring (bicyclic) bond motifs is 1. The molecule has 8 heteroatoms. The molecule has 1 aliphatic rings. The predicted octanol–water partition coefficient (Wildman–Crippen LogP) is 1.73. The van der Waals surface area contributed by atoms with E-state index >= 15 is 0 Å². The first kappa shape index (κ1) is 18.4. The molecule has 1 fully saturated rings. The number of imidazole rings is 1. The Kier molecular flexibility index (Phi) is 6.22. The summed E-state index contributed by atoms with van der Waals surface area (Å²) in [5, 5.41) is 0. The van der Waals surface area contributed by atoms with Gasteiger partial charge in [0.15, 0.2) is 0 Å². The molecular weight excluding hydrogens is 371 g/mol. The molecule has 0 bridgehead atoms. The smallest absolute Gasteiger partial charge is 0.437 e. The van der Waals surface area contributed by atoms with Crippen molar-refractivity contribution < 1.29 is 42.2 Å². The molecule has 118 valence electrons. The number of aromatic nitrogens is 4. The van der Waals surface area contributed by atoms with Gasteiger partial charge in [-0.3, -0.25) is 14.8 Å². The Bertz CT molecular complexity index is 754. The number of aromatic amines is 1. The van der Waals surface area contributed by atoms with Crippen molar-refractivity contribution in [1.82, 2.24) is 19.5 Å². The molecule has 2 aromatic heterocycles. The number of hydrogen-bond donors (Lipinski definition) is 1. The van der Waals surface area contributed by atoms with Crippen LogP contribution in [0.4, 0.5) is 0 Å². The summed E-state index contributed by atoms with van der Waals surface area (Å²) in [4.78, 5) is 26.8. The van der Waals surface area contributed by atoms with Crippen LogP contribution in [0.2, 0.25) is 0 Å². The van der Waals surface area contributed by atoms with Gasteiger partial charge in [-0.1, -0.05) is 20.8 Å². The Morgan fingerprint density at radius 2 is 2.35 bits per heavy atom. The van der Waals surface area contributed by atoms with Crippen molar-refractivity contribution in [2.24, 2.45) is 10.9 Å². The molecule has 1 amide bonds. The van der Waals surface area contributed by atoms with Crippen molar-refractivity contribution in [3.63, 3.8) is 0 Å². The van der Waals surface area contributed by atoms with Crippen molar-refractivity contribution in [3.8, 4) is 0 Å². The van der Waals surface area contributed by atoms with E-state index in [-0.39, 0.29) is 50.9 Å². The molecule has 3 heterocycles. The van der Waals surface area contributed by atoms with E-state index in [2.05, 4.69) is 40.1 Å². The fraction of sp³-hybridized carbons (Fsp3) is 0.600. The van der Waals surface area contributed by atoms with Gasteiger partial charge < -0.3 is 19.3 Å². The summed E-state index contributed by atoms with van der Waals surface area (Å²) >= 11 is 0. The molecule has 23 heavy (non-hydrogen) atoms. The minimum Gasteiger partial charge on any atom is -0.437 e. The molecule has 2 aromatic rings. The molecule has 0 aromatic carbocycles. The van der Waals surface area contributed by atoms with E-state index < -0.39 is 0 Å². The molecule has 3 atom stereocenters. The maximum atomic E-state index is 11.5. The van der Waals surface area contributed by atoms with Crippen molar-refractivity contribution in [2.45, 2.75) is 52.4 Å². The van der Waals surface area contributed by atoms with Crippen LogP contribution in [0.3, 0.4) is 0 Å². The zero-order valence-corrected chi connectivity index (χ0v) is 16.5. The number of ether oxygens (including phenoxy) is 1. The molecule has 0 aliphatic carbocycles. The van der Waals surface area contributed by atoms with E-state index in [0.29, 0.717) is 23.3 Å². The topological polar surface area (TPSA) is 85.2 Å². The molecule has 0 saturated carbocycles. The van der Waals surface area contributed by atoms with Crippen LogP contribution in [0.25, 0.3) is 11.2 Å². The second-order valence-corrected chi connectivity index (χ2v) is 5.63. The van der Waals surface area contributed by atoms with E-state index in [1.807, 2.05) is 4.57 Å². The second kappa shape index (κ2) is 7.77. The van der Waals surface area contributed by atoms with Gasteiger partial charge in [0.2, 0.25) is 5.91 Å². The Labute approximate surface area is 159 Å². The van der Waals surface area contributed by atoms with E-state index in [1.165, 1.54) is 0 Å². The van der Waals surface area contributed by atoms with Gasteiger partial charge >= 0.3 is 32.7 Å². The molecular formula is C15H20N5O2Y+2. The molecule has 1 aliphatic heterocycles. The Hall–Kier alpha value is -0.916. The number of nitrogens with zero attached hydrogens (tertiary/aromatic N) is 4. The number of amides is 1. The molecule has 0 radical (unpaired) electrons. The fourth-order valence-electron chi connectivity index (χ4n) is 2.87. The molecule has 3 unspecified atom stereocenters. The monoisotopic (exact) mass is 391 g/mol. The Balaban J connectivity index is 0.00000192. The first-order valence-corrected chi connectivity index (χ1v) is 7.69. The summed E-state index contributed by atoms with van der Waals surface area (Å²) < 4.78 is 8.03. The van der Waals surface area contributed by atoms with Crippen LogP contribution in [0.1, 0.15) is 46.3 Å². The number of H-pyrrole nitrogens is 1. The van der Waals surface area contributed by atoms with Crippen molar-refractivity contribution in [1.29, 1.82) is 0 Å². The Morgan fingerprint density at radius 1 is 1.57 bits per heavy atom. The van der Waals surface area contributed by atoms with Crippen molar-refractivity contribution in [2.75, 3.05) is 0 Å². The maximum Gasteiger partial charge on any atom is 3.00 e. The van der Waals surface area contributed by atoms with Crippen LogP contribution in [-0.4, -0.2) is 31.5 Å². The van der Waals surface area contributed by atoms with Gasteiger partial charge in [0.1, 0.15) is 6.23 Å². The number of hydrogen-bond acceptors (Lipinski definition) is 4. The molecule has 7 nitrogen and oxygen atoms in total. The van der Waals surface area contributed by atoms with Gasteiger partial charge in [-0.2, -0.15) is 0 Å². The number of nitrogens with one attached hydrogen (secondary N) is 1. The SMILES string of the molecule is CCC(=O)N=c1n[c-][nH]c2c1ncn2C1CC(C)C(CC)O1.[Y+3]. The molecule has 1 N–H and O–H groups in total. The van der Waals surface area contributed by atoms with Crippen LogP contribution in [0.15, 0.2) is 11.3 Å². The summed E-state index contributed by atoms with van der Waals surface area (Å²) in [6, 6.07) is 0. The zero-order chi connectivity index (χ0) is 15.7.